The van der Waals surface area contributed by atoms with Gasteiger partial charge in [-0.3, -0.25) is 0 Å². The highest BCUT2D eigenvalue weighted by Crippen LogP contribution is 2.24. The first-order valence-electron chi connectivity index (χ1n) is 9.55. The third-order valence-electron chi connectivity index (χ3n) is 4.34. The van der Waals surface area contributed by atoms with Crippen LogP contribution in [0.15, 0.2) is 53.1 Å². The number of pyridine rings is 1. The monoisotopic (exact) mass is 395 g/mol. The van der Waals surface area contributed by atoms with Gasteiger partial charge in [-0.15, -0.1) is 0 Å². The van der Waals surface area contributed by atoms with Crippen molar-refractivity contribution in [1.29, 1.82) is 0 Å². The Morgan fingerprint density at radius 1 is 1.17 bits per heavy atom. The molecule has 7 nitrogen and oxygen atoms in total. The van der Waals surface area contributed by atoms with Gasteiger partial charge < -0.3 is 18.8 Å². The van der Waals surface area contributed by atoms with Gasteiger partial charge in [-0.1, -0.05) is 31.5 Å². The van der Waals surface area contributed by atoms with Crippen molar-refractivity contribution in [2.45, 2.75) is 19.8 Å². The molecule has 29 heavy (non-hydrogen) atoms. The number of anilines is 1. The largest absolute Gasteiger partial charge is 0.429 e. The maximum atomic E-state index is 12.7. The molecule has 3 rings (SSSR count). The number of hydrogen-bond acceptors (Lipinski definition) is 7. The predicted octanol–water partition coefficient (Wildman–Crippen LogP) is 3.99. The molecule has 0 aliphatic carbocycles. The molecule has 0 bridgehead atoms. The topological polar surface area (TPSA) is 77.7 Å². The lowest BCUT2D eigenvalue weighted by Crippen LogP contribution is -2.22. The maximum Gasteiger partial charge on any atom is 0.381 e. The number of hydrogen-bond donors (Lipinski definition) is 0. The molecule has 0 N–H and O–H groups in total. The van der Waals surface area contributed by atoms with Crippen LogP contribution in [0.1, 0.15) is 29.6 Å². The molecule has 0 amide bonds. The molecule has 7 heteroatoms. The maximum absolute atomic E-state index is 12.7. The van der Waals surface area contributed by atoms with Crippen LogP contribution in [0.25, 0.3) is 11.5 Å². The highest BCUT2D eigenvalue weighted by atomic mass is 16.5. The van der Waals surface area contributed by atoms with E-state index in [1.54, 1.807) is 19.2 Å². The number of likely N-dealkylation sites (N-methyl/N-ethyl adjacent to an activating group) is 1. The summed E-state index contributed by atoms with van der Waals surface area (Å²) < 4.78 is 16.3. The lowest BCUT2D eigenvalue weighted by molar-refractivity contribution is 0.0700. The fourth-order valence-electron chi connectivity index (χ4n) is 2.78. The van der Waals surface area contributed by atoms with Crippen molar-refractivity contribution in [3.63, 3.8) is 0 Å². The minimum atomic E-state index is -0.578. The first kappa shape index (κ1) is 20.5. The quantitative estimate of drug-likeness (QED) is 0.507. The number of oxazole rings is 1. The van der Waals surface area contributed by atoms with E-state index in [0.717, 1.165) is 17.8 Å². The average Bonchev–Trinajstić information content (AvgIpc) is 3.17. The number of aryl methyl sites for hydroxylation is 1. The molecule has 152 valence electrons. The van der Waals surface area contributed by atoms with E-state index in [0.29, 0.717) is 36.9 Å². The molecule has 0 unspecified atom stereocenters. The van der Waals surface area contributed by atoms with Crippen molar-refractivity contribution < 1.29 is 18.7 Å². The van der Waals surface area contributed by atoms with Crippen LogP contribution >= 0.6 is 0 Å². The molecule has 1 aromatic carbocycles. The minimum Gasteiger partial charge on any atom is -0.429 e. The van der Waals surface area contributed by atoms with Gasteiger partial charge in [0.05, 0.1) is 18.5 Å². The smallest absolute Gasteiger partial charge is 0.381 e. The number of carbonyl (C=O) groups excluding carboxylic acids is 1. The number of ether oxygens (including phenoxy) is 2. The number of benzene rings is 1. The van der Waals surface area contributed by atoms with E-state index in [-0.39, 0.29) is 5.76 Å². The van der Waals surface area contributed by atoms with Crippen LogP contribution in [0.4, 0.5) is 5.82 Å². The van der Waals surface area contributed by atoms with Crippen molar-refractivity contribution in [2.75, 3.05) is 32.2 Å². The Morgan fingerprint density at radius 2 is 1.97 bits per heavy atom. The Morgan fingerprint density at radius 3 is 2.62 bits per heavy atom. The Bertz CT molecular complexity index is 923. The summed E-state index contributed by atoms with van der Waals surface area (Å²) in [6.07, 6.45) is 2.98. The van der Waals surface area contributed by atoms with Gasteiger partial charge in [-0.25, -0.2) is 14.8 Å². The Hall–Kier alpha value is -3.19. The van der Waals surface area contributed by atoms with Gasteiger partial charge in [-0.05, 0) is 30.7 Å². The fraction of sp³-hybridized carbons (Fsp3) is 0.318. The molecule has 0 fully saturated rings. The van der Waals surface area contributed by atoms with Crippen LogP contribution in [0.5, 0.6) is 5.75 Å². The van der Waals surface area contributed by atoms with Crippen molar-refractivity contribution in [3.8, 4) is 17.2 Å². The Kier molecular flexibility index (Phi) is 6.97. The summed E-state index contributed by atoms with van der Waals surface area (Å²) >= 11 is 0. The lowest BCUT2D eigenvalue weighted by Gasteiger charge is -2.17. The van der Waals surface area contributed by atoms with E-state index in [2.05, 4.69) is 9.97 Å². The van der Waals surface area contributed by atoms with E-state index in [1.807, 2.05) is 49.2 Å². The van der Waals surface area contributed by atoms with Crippen molar-refractivity contribution in [2.24, 2.45) is 0 Å². The molecule has 0 atom stereocenters. The number of carbonyl (C=O) groups is 1. The van der Waals surface area contributed by atoms with E-state index in [1.165, 1.54) is 6.20 Å². The number of esters is 1. The van der Waals surface area contributed by atoms with Crippen molar-refractivity contribution >= 4 is 11.8 Å². The molecule has 0 saturated heterocycles. The first-order valence-corrected chi connectivity index (χ1v) is 9.55. The van der Waals surface area contributed by atoms with Gasteiger partial charge in [0, 0.05) is 26.3 Å². The van der Waals surface area contributed by atoms with Crippen LogP contribution in [0, 0.1) is 0 Å². The van der Waals surface area contributed by atoms with Gasteiger partial charge in [0.25, 0.3) is 0 Å². The van der Waals surface area contributed by atoms with E-state index in [9.17, 15) is 4.79 Å². The summed E-state index contributed by atoms with van der Waals surface area (Å²) in [5.74, 6) is 1.07. The van der Waals surface area contributed by atoms with Gasteiger partial charge >= 0.3 is 5.97 Å². The molecular weight excluding hydrogens is 370 g/mol. The molecular formula is C22H25N3O4. The molecule has 0 radical (unpaired) electrons. The molecule has 0 spiro atoms. The Labute approximate surface area is 170 Å². The van der Waals surface area contributed by atoms with Gasteiger partial charge in [0.1, 0.15) is 11.6 Å². The lowest BCUT2D eigenvalue weighted by atomic mass is 10.2. The first-order chi connectivity index (χ1) is 14.1. The van der Waals surface area contributed by atoms with Crippen LogP contribution in [0.3, 0.4) is 0 Å². The standard InChI is InChI=1S/C22H25N3O4/c1-4-8-18-20(29-21(24-18)16-9-6-5-7-10-16)22(26)28-17-11-12-19(23-15-17)25(2)13-14-27-3/h5-7,9-12,15H,4,8,13-14H2,1-3H3. The van der Waals surface area contributed by atoms with Crippen LogP contribution < -0.4 is 9.64 Å². The molecule has 0 saturated carbocycles. The van der Waals surface area contributed by atoms with E-state index >= 15 is 0 Å². The molecule has 0 aliphatic heterocycles. The highest BCUT2D eigenvalue weighted by molar-refractivity contribution is 5.89. The number of aromatic nitrogens is 2. The number of nitrogens with zero attached hydrogens (tertiary/aromatic N) is 3. The minimum absolute atomic E-state index is 0.131. The van der Waals surface area contributed by atoms with Gasteiger partial charge in [-0.2, -0.15) is 0 Å². The van der Waals surface area contributed by atoms with Crippen molar-refractivity contribution in [1.82, 2.24) is 9.97 Å². The Balaban J connectivity index is 1.75. The van der Waals surface area contributed by atoms with E-state index < -0.39 is 5.97 Å². The second kappa shape index (κ2) is 9.84. The summed E-state index contributed by atoms with van der Waals surface area (Å²) in [5.41, 5.74) is 1.41. The van der Waals surface area contributed by atoms with E-state index in [4.69, 9.17) is 13.9 Å². The van der Waals surface area contributed by atoms with Crippen LogP contribution in [0.2, 0.25) is 0 Å². The SMILES string of the molecule is CCCc1nc(-c2ccccc2)oc1C(=O)Oc1ccc(N(C)CCOC)nc1. The summed E-state index contributed by atoms with van der Waals surface area (Å²) in [4.78, 5) is 23.5. The van der Waals surface area contributed by atoms with Gasteiger partial charge in [0.2, 0.25) is 11.7 Å². The zero-order valence-electron chi connectivity index (χ0n) is 16.9. The highest BCUT2D eigenvalue weighted by Gasteiger charge is 2.22. The summed E-state index contributed by atoms with van der Waals surface area (Å²) in [6.45, 7) is 3.34. The third kappa shape index (κ3) is 5.20. The summed E-state index contributed by atoms with van der Waals surface area (Å²) in [7, 11) is 3.58. The van der Waals surface area contributed by atoms with Crippen LogP contribution in [-0.2, 0) is 11.2 Å². The zero-order chi connectivity index (χ0) is 20.6. The summed E-state index contributed by atoms with van der Waals surface area (Å²) in [5, 5.41) is 0. The molecule has 3 aromatic rings. The fourth-order valence-corrected chi connectivity index (χ4v) is 2.78. The predicted molar refractivity (Wildman–Crippen MR) is 110 cm³/mol. The second-order valence-electron chi connectivity index (χ2n) is 6.57. The van der Waals surface area contributed by atoms with Crippen molar-refractivity contribution in [3.05, 3.63) is 60.1 Å². The summed E-state index contributed by atoms with van der Waals surface area (Å²) in [6, 6.07) is 13.0. The third-order valence-corrected chi connectivity index (χ3v) is 4.34. The van der Waals surface area contributed by atoms with Crippen LogP contribution in [-0.4, -0.2) is 43.2 Å². The normalized spacial score (nSPS) is 10.7. The molecule has 0 aliphatic rings. The molecule has 2 heterocycles. The zero-order valence-corrected chi connectivity index (χ0v) is 16.9. The average molecular weight is 395 g/mol. The number of rotatable bonds is 9. The number of methoxy groups -OCH3 is 1. The van der Waals surface area contributed by atoms with Gasteiger partial charge in [0.15, 0.2) is 0 Å². The molecule has 2 aromatic heterocycles. The second-order valence-corrected chi connectivity index (χ2v) is 6.57.